The number of benzene rings is 11. The summed E-state index contributed by atoms with van der Waals surface area (Å²) in [5, 5.41) is 16.1. The summed E-state index contributed by atoms with van der Waals surface area (Å²) in [7, 11) is 0. The molecular weight excluding hydrogens is 699 g/mol. The second-order valence-corrected chi connectivity index (χ2v) is 15.4. The molecule has 0 spiro atoms. The lowest BCUT2D eigenvalue weighted by Crippen LogP contribution is -1.93. The third-order valence-corrected chi connectivity index (χ3v) is 12.3. The van der Waals surface area contributed by atoms with Crippen molar-refractivity contribution >= 4 is 75.5 Å². The molecule has 11 aromatic carbocycles. The molecule has 0 saturated heterocycles. The van der Waals surface area contributed by atoms with Crippen molar-refractivity contribution in [1.29, 1.82) is 0 Å². The van der Waals surface area contributed by atoms with Gasteiger partial charge < -0.3 is 0 Å². The average Bonchev–Trinajstić information content (AvgIpc) is 3.29. The van der Waals surface area contributed by atoms with E-state index < -0.39 is 0 Å². The Morgan fingerprint density at radius 2 is 0.724 bits per heavy atom. The van der Waals surface area contributed by atoms with E-state index in [1.807, 2.05) is 12.3 Å². The molecule has 58 heavy (non-hydrogen) atoms. The first-order chi connectivity index (χ1) is 28.8. The summed E-state index contributed by atoms with van der Waals surface area (Å²) in [5.41, 5.74) is 10.9. The minimum atomic E-state index is 1.02. The lowest BCUT2D eigenvalue weighted by Gasteiger charge is -2.20. The highest BCUT2D eigenvalue weighted by Gasteiger charge is 2.20. The molecule has 12 aromatic rings. The van der Waals surface area contributed by atoms with Gasteiger partial charge >= 0.3 is 0 Å². The maximum absolute atomic E-state index is 4.74. The molecule has 0 aliphatic heterocycles. The summed E-state index contributed by atoms with van der Waals surface area (Å²) >= 11 is 0. The van der Waals surface area contributed by atoms with E-state index in [2.05, 4.69) is 200 Å². The van der Waals surface area contributed by atoms with Crippen LogP contribution in [0, 0.1) is 0 Å². The van der Waals surface area contributed by atoms with Crippen LogP contribution in [0.4, 0.5) is 0 Å². The molecule has 1 heteroatoms. The molecule has 0 amide bonds. The molecule has 0 fully saturated rings. The molecule has 12 rings (SSSR count). The monoisotopic (exact) mass is 733 g/mol. The van der Waals surface area contributed by atoms with Crippen molar-refractivity contribution in [2.45, 2.75) is 0 Å². The smallest absolute Gasteiger partial charge is 0.0714 e. The van der Waals surface area contributed by atoms with E-state index >= 15 is 0 Å². The summed E-state index contributed by atoms with van der Waals surface area (Å²) in [6.07, 6.45) is 1.88. The molecule has 0 aliphatic rings. The van der Waals surface area contributed by atoms with Gasteiger partial charge in [-0.15, -0.1) is 0 Å². The highest BCUT2D eigenvalue weighted by atomic mass is 14.6. The Balaban J connectivity index is 1.08. The van der Waals surface area contributed by atoms with E-state index in [1.165, 1.54) is 115 Å². The van der Waals surface area contributed by atoms with E-state index in [1.54, 1.807) is 0 Å². The number of hydrogen-bond donors (Lipinski definition) is 0. The van der Waals surface area contributed by atoms with E-state index in [4.69, 9.17) is 4.98 Å². The number of nitrogens with zero attached hydrogens (tertiary/aromatic N) is 1. The van der Waals surface area contributed by atoms with Crippen LogP contribution in [0.5, 0.6) is 0 Å². The molecule has 1 nitrogen and oxygen atoms in total. The van der Waals surface area contributed by atoms with Gasteiger partial charge in [0, 0.05) is 11.6 Å². The van der Waals surface area contributed by atoms with Gasteiger partial charge in [-0.2, -0.15) is 0 Å². The van der Waals surface area contributed by atoms with Crippen LogP contribution in [-0.4, -0.2) is 4.98 Å². The Bertz CT molecular complexity index is 3620. The number of fused-ring (bicyclic) bond motifs is 8. The normalized spacial score (nSPS) is 11.8. The van der Waals surface area contributed by atoms with E-state index in [-0.39, 0.29) is 0 Å². The van der Waals surface area contributed by atoms with Crippen molar-refractivity contribution < 1.29 is 0 Å². The average molecular weight is 734 g/mol. The maximum atomic E-state index is 4.74. The SMILES string of the molecule is c1ccc2c(-c3c4ccccc4c(-c4cccc5ccccc45)c4cc(-c5ccc6cc(-c7cc8ncccc8c8ccccc78)ccc6c5)ccc34)cccc2c1. The molecule has 0 aliphatic carbocycles. The predicted octanol–water partition coefficient (Wildman–Crippen LogP) is 15.8. The van der Waals surface area contributed by atoms with Crippen molar-refractivity contribution in [1.82, 2.24) is 4.98 Å². The second kappa shape index (κ2) is 13.0. The first-order valence-electron chi connectivity index (χ1n) is 20.0. The van der Waals surface area contributed by atoms with Crippen LogP contribution in [0.2, 0.25) is 0 Å². The van der Waals surface area contributed by atoms with Crippen LogP contribution in [0.3, 0.4) is 0 Å². The van der Waals surface area contributed by atoms with E-state index in [0.29, 0.717) is 0 Å². The van der Waals surface area contributed by atoms with Gasteiger partial charge in [-0.1, -0.05) is 176 Å². The van der Waals surface area contributed by atoms with Gasteiger partial charge in [-0.25, -0.2) is 0 Å². The van der Waals surface area contributed by atoms with Crippen molar-refractivity contribution in [2.75, 3.05) is 0 Å². The fourth-order valence-corrected chi connectivity index (χ4v) is 9.58. The standard InChI is InChI=1S/C57H35N/c1-3-16-43-36(12-1)14-9-22-48(43)56-50-20-7-8-21-51(50)57(49-23-10-15-37-13-2-4-17-44(37)49)54-34-41(29-30-52(54)56)39-25-26-40-33-42(28-27-38(40)32-39)53-35-55-47(24-11-31-58-55)45-18-5-6-19-46(45)53/h1-35H. The van der Waals surface area contributed by atoms with Crippen molar-refractivity contribution in [3.63, 3.8) is 0 Å². The van der Waals surface area contributed by atoms with Crippen molar-refractivity contribution in [2.24, 2.45) is 0 Å². The third kappa shape index (κ3) is 5.07. The zero-order valence-corrected chi connectivity index (χ0v) is 31.7. The molecule has 268 valence electrons. The highest BCUT2D eigenvalue weighted by Crippen LogP contribution is 2.48. The fraction of sp³-hybridized carbons (Fsp3) is 0. The van der Waals surface area contributed by atoms with Crippen molar-refractivity contribution in [3.8, 4) is 44.5 Å². The maximum Gasteiger partial charge on any atom is 0.0714 e. The van der Waals surface area contributed by atoms with Gasteiger partial charge in [0.15, 0.2) is 0 Å². The van der Waals surface area contributed by atoms with Gasteiger partial charge in [0.1, 0.15) is 0 Å². The molecule has 0 unspecified atom stereocenters. The molecule has 0 saturated carbocycles. The van der Waals surface area contributed by atoms with Crippen LogP contribution < -0.4 is 0 Å². The first-order valence-corrected chi connectivity index (χ1v) is 20.0. The molecule has 1 aromatic heterocycles. The molecule has 1 heterocycles. The highest BCUT2D eigenvalue weighted by molar-refractivity contribution is 6.25. The summed E-state index contributed by atoms with van der Waals surface area (Å²) in [4.78, 5) is 4.74. The Morgan fingerprint density at radius 1 is 0.241 bits per heavy atom. The topological polar surface area (TPSA) is 12.9 Å². The number of pyridine rings is 1. The van der Waals surface area contributed by atoms with E-state index in [0.717, 1.165) is 5.52 Å². The zero-order chi connectivity index (χ0) is 38.2. The molecule has 0 radical (unpaired) electrons. The fourth-order valence-electron chi connectivity index (χ4n) is 9.58. The zero-order valence-electron chi connectivity index (χ0n) is 31.7. The van der Waals surface area contributed by atoms with Crippen LogP contribution in [0.1, 0.15) is 0 Å². The van der Waals surface area contributed by atoms with Gasteiger partial charge in [-0.3, -0.25) is 4.98 Å². The summed E-state index contributed by atoms with van der Waals surface area (Å²) in [6, 6.07) is 76.0. The first kappa shape index (κ1) is 32.6. The van der Waals surface area contributed by atoms with Crippen LogP contribution in [-0.2, 0) is 0 Å². The lowest BCUT2D eigenvalue weighted by atomic mass is 9.83. The van der Waals surface area contributed by atoms with Gasteiger partial charge in [0.2, 0.25) is 0 Å². The lowest BCUT2D eigenvalue weighted by molar-refractivity contribution is 1.42. The van der Waals surface area contributed by atoms with Gasteiger partial charge in [0.05, 0.1) is 5.52 Å². The summed E-state index contributed by atoms with van der Waals surface area (Å²) in [5.74, 6) is 0. The summed E-state index contributed by atoms with van der Waals surface area (Å²) < 4.78 is 0. The number of rotatable bonds is 4. The molecular formula is C57H35N. The van der Waals surface area contributed by atoms with Crippen LogP contribution in [0.15, 0.2) is 212 Å². The Hall–Kier alpha value is -7.61. The number of hydrogen-bond acceptors (Lipinski definition) is 1. The predicted molar refractivity (Wildman–Crippen MR) is 249 cm³/mol. The molecule has 0 N–H and O–H groups in total. The Morgan fingerprint density at radius 3 is 1.41 bits per heavy atom. The van der Waals surface area contributed by atoms with Crippen LogP contribution in [0.25, 0.3) is 120 Å². The van der Waals surface area contributed by atoms with E-state index in [9.17, 15) is 0 Å². The van der Waals surface area contributed by atoms with Crippen molar-refractivity contribution in [3.05, 3.63) is 212 Å². The molecule has 0 atom stereocenters. The summed E-state index contributed by atoms with van der Waals surface area (Å²) in [6.45, 7) is 0. The largest absolute Gasteiger partial charge is 0.256 e. The van der Waals surface area contributed by atoms with Gasteiger partial charge in [0.25, 0.3) is 0 Å². The second-order valence-electron chi connectivity index (χ2n) is 15.4. The molecule has 0 bridgehead atoms. The minimum Gasteiger partial charge on any atom is -0.256 e. The Labute approximate surface area is 336 Å². The van der Waals surface area contributed by atoms with Crippen LogP contribution >= 0.6 is 0 Å². The third-order valence-electron chi connectivity index (χ3n) is 12.3. The Kier molecular flexibility index (Phi) is 7.30. The minimum absolute atomic E-state index is 1.02. The quantitative estimate of drug-likeness (QED) is 0.130. The van der Waals surface area contributed by atoms with Gasteiger partial charge in [-0.05, 0) is 139 Å². The number of aromatic nitrogens is 1.